The third-order valence-corrected chi connectivity index (χ3v) is 5.70. The molecule has 9 heteroatoms. The number of amides is 1. The van der Waals surface area contributed by atoms with Crippen LogP contribution in [0.25, 0.3) is 0 Å². The minimum Gasteiger partial charge on any atom is -0.337 e. The van der Waals surface area contributed by atoms with Gasteiger partial charge in [0.15, 0.2) is 0 Å². The summed E-state index contributed by atoms with van der Waals surface area (Å²) in [6, 6.07) is 6.99. The zero-order valence-corrected chi connectivity index (χ0v) is 15.7. The lowest BCUT2D eigenvalue weighted by Crippen LogP contribution is -2.52. The van der Waals surface area contributed by atoms with Crippen molar-refractivity contribution in [2.45, 2.75) is 30.7 Å². The Morgan fingerprint density at radius 2 is 2.12 bits per heavy atom. The Balaban J connectivity index is 0.00000225. The molecule has 2 N–H and O–H groups in total. The Morgan fingerprint density at radius 1 is 1.36 bits per heavy atom. The molecule has 0 spiro atoms. The first-order chi connectivity index (χ1) is 11.5. The van der Waals surface area contributed by atoms with Gasteiger partial charge in [0.1, 0.15) is 5.84 Å². The number of rotatable bonds is 4. The molecule has 0 aliphatic carbocycles. The molecule has 7 nitrogen and oxygen atoms in total. The minimum atomic E-state index is -3.50. The summed E-state index contributed by atoms with van der Waals surface area (Å²) in [5, 5.41) is 3.26. The molecule has 3 rings (SSSR count). The number of benzene rings is 1. The van der Waals surface area contributed by atoms with Crippen molar-refractivity contribution in [3.8, 4) is 0 Å². The fraction of sp³-hybridized carbons (Fsp3) is 0.500. The van der Waals surface area contributed by atoms with Gasteiger partial charge in [-0.3, -0.25) is 14.5 Å². The molecule has 1 atom stereocenters. The highest BCUT2D eigenvalue weighted by Crippen LogP contribution is 2.22. The van der Waals surface area contributed by atoms with Crippen LogP contribution >= 0.6 is 12.4 Å². The van der Waals surface area contributed by atoms with Crippen molar-refractivity contribution in [1.29, 1.82) is 0 Å². The second kappa shape index (κ2) is 8.16. The molecule has 138 valence electrons. The van der Waals surface area contributed by atoms with Crippen molar-refractivity contribution >= 4 is 34.2 Å². The second-order valence-corrected chi connectivity index (χ2v) is 7.73. The number of sulfonamides is 1. The van der Waals surface area contributed by atoms with Crippen LogP contribution in [0.3, 0.4) is 0 Å². The van der Waals surface area contributed by atoms with Crippen molar-refractivity contribution in [3.63, 3.8) is 0 Å². The molecule has 1 aromatic carbocycles. The lowest BCUT2D eigenvalue weighted by atomic mass is 10.2. The summed E-state index contributed by atoms with van der Waals surface area (Å²) >= 11 is 0. The van der Waals surface area contributed by atoms with E-state index in [1.165, 1.54) is 0 Å². The summed E-state index contributed by atoms with van der Waals surface area (Å²) in [7, 11) is -3.50. The Kier molecular flexibility index (Phi) is 6.42. The van der Waals surface area contributed by atoms with Crippen molar-refractivity contribution in [3.05, 3.63) is 29.8 Å². The molecule has 0 saturated carbocycles. The maximum absolute atomic E-state index is 12.2. The molecule has 2 heterocycles. The van der Waals surface area contributed by atoms with Gasteiger partial charge in [-0.2, -0.15) is 0 Å². The van der Waals surface area contributed by atoms with Crippen LogP contribution in [-0.4, -0.2) is 57.3 Å². The number of halogens is 1. The molecule has 1 aromatic rings. The van der Waals surface area contributed by atoms with E-state index in [2.05, 4.69) is 15.0 Å². The molecule has 2 aliphatic rings. The quantitative estimate of drug-likeness (QED) is 0.747. The maximum Gasteiger partial charge on any atom is 0.263 e. The highest BCUT2D eigenvalue weighted by atomic mass is 35.5. The van der Waals surface area contributed by atoms with Crippen LogP contribution in [0, 0.1) is 0 Å². The van der Waals surface area contributed by atoms with E-state index in [-0.39, 0.29) is 29.3 Å². The van der Waals surface area contributed by atoms with E-state index in [0.717, 1.165) is 19.6 Å². The van der Waals surface area contributed by atoms with Gasteiger partial charge < -0.3 is 10.2 Å². The van der Waals surface area contributed by atoms with Crippen molar-refractivity contribution in [2.24, 2.45) is 4.99 Å². The number of nitrogens with zero attached hydrogens (tertiary/aromatic N) is 2. The van der Waals surface area contributed by atoms with E-state index in [9.17, 15) is 13.2 Å². The first-order valence-electron chi connectivity index (χ1n) is 8.16. The van der Waals surface area contributed by atoms with Crippen molar-refractivity contribution in [2.75, 3.05) is 26.2 Å². The van der Waals surface area contributed by atoms with Gasteiger partial charge >= 0.3 is 0 Å². The van der Waals surface area contributed by atoms with Crippen LogP contribution < -0.4 is 10.0 Å². The molecule has 1 unspecified atom stereocenters. The number of fused-ring (bicyclic) bond motifs is 1. The summed E-state index contributed by atoms with van der Waals surface area (Å²) in [5.74, 6) is 0.505. The molecule has 1 amide bonds. The number of carbonyl (C=O) groups excluding carboxylic acids is 1. The van der Waals surface area contributed by atoms with Crippen molar-refractivity contribution in [1.82, 2.24) is 14.9 Å². The van der Waals surface area contributed by atoms with Gasteiger partial charge in [0.2, 0.25) is 5.91 Å². The summed E-state index contributed by atoms with van der Waals surface area (Å²) in [5.41, 5.74) is 0.597. The minimum absolute atomic E-state index is 0. The van der Waals surface area contributed by atoms with E-state index >= 15 is 0 Å². The second-order valence-electron chi connectivity index (χ2n) is 6.08. The van der Waals surface area contributed by atoms with Crippen LogP contribution in [0.4, 0.5) is 0 Å². The molecule has 1 fully saturated rings. The average molecular weight is 387 g/mol. The largest absolute Gasteiger partial charge is 0.337 e. The van der Waals surface area contributed by atoms with Gasteiger partial charge in [-0.15, -0.1) is 12.4 Å². The van der Waals surface area contributed by atoms with Gasteiger partial charge in [0, 0.05) is 44.2 Å². The number of nitrogens with one attached hydrogen (secondary N) is 2. The molecular weight excluding hydrogens is 364 g/mol. The van der Waals surface area contributed by atoms with Gasteiger partial charge in [-0.05, 0) is 25.5 Å². The summed E-state index contributed by atoms with van der Waals surface area (Å²) in [6.07, 6.45) is 1.03. The normalized spacial score (nSPS) is 22.8. The standard InChI is InChI=1S/C16H22N4O3S.ClH/c1-12-11-17-9-10-20(12)15(21)7-4-8-18-16-13-5-2-3-6-14(13)24(22,23)19-16;/h2-3,5-6,12,17H,4,7-11H2,1H3,(H,18,19);1H. The molecule has 25 heavy (non-hydrogen) atoms. The number of carbonyl (C=O) groups is 1. The van der Waals surface area contributed by atoms with E-state index in [1.807, 2.05) is 11.8 Å². The lowest BCUT2D eigenvalue weighted by Gasteiger charge is -2.34. The number of amidine groups is 1. The van der Waals surface area contributed by atoms with E-state index in [1.54, 1.807) is 24.3 Å². The van der Waals surface area contributed by atoms with E-state index in [4.69, 9.17) is 0 Å². The number of piperazine rings is 1. The fourth-order valence-corrected chi connectivity index (χ4v) is 4.28. The van der Waals surface area contributed by atoms with E-state index < -0.39 is 10.0 Å². The Bertz CT molecular complexity index is 766. The summed E-state index contributed by atoms with van der Waals surface area (Å²) < 4.78 is 26.4. The van der Waals surface area contributed by atoms with Gasteiger partial charge in [-0.1, -0.05) is 12.1 Å². The first-order valence-corrected chi connectivity index (χ1v) is 9.64. The summed E-state index contributed by atoms with van der Waals surface area (Å²) in [4.78, 5) is 18.7. The van der Waals surface area contributed by atoms with Crippen LogP contribution in [0.2, 0.25) is 0 Å². The number of hydrogen-bond acceptors (Lipinski definition) is 5. The zero-order chi connectivity index (χ0) is 17.2. The van der Waals surface area contributed by atoms with Gasteiger partial charge in [-0.25, -0.2) is 8.42 Å². The molecule has 0 radical (unpaired) electrons. The highest BCUT2D eigenvalue weighted by molar-refractivity contribution is 7.90. The number of hydrogen-bond donors (Lipinski definition) is 2. The van der Waals surface area contributed by atoms with Crippen LogP contribution in [0.5, 0.6) is 0 Å². The highest BCUT2D eigenvalue weighted by Gasteiger charge is 2.30. The molecule has 0 aromatic heterocycles. The molecule has 2 aliphatic heterocycles. The molecular formula is C16H23ClN4O3S. The predicted octanol–water partition coefficient (Wildman–Crippen LogP) is 0.747. The number of aliphatic imine (C=N–C) groups is 1. The average Bonchev–Trinajstić information content (AvgIpc) is 2.83. The maximum atomic E-state index is 12.2. The Morgan fingerprint density at radius 3 is 2.88 bits per heavy atom. The summed E-state index contributed by atoms with van der Waals surface area (Å²) in [6.45, 7) is 4.85. The van der Waals surface area contributed by atoms with Gasteiger partial charge in [0.05, 0.1) is 4.90 Å². The fourth-order valence-electron chi connectivity index (χ4n) is 3.03. The third kappa shape index (κ3) is 4.31. The predicted molar refractivity (Wildman–Crippen MR) is 98.7 cm³/mol. The first kappa shape index (κ1) is 19.7. The lowest BCUT2D eigenvalue weighted by molar-refractivity contribution is -0.134. The topological polar surface area (TPSA) is 90.9 Å². The van der Waals surface area contributed by atoms with Crippen molar-refractivity contribution < 1.29 is 13.2 Å². The van der Waals surface area contributed by atoms with Crippen LogP contribution in [-0.2, 0) is 14.8 Å². The monoisotopic (exact) mass is 386 g/mol. The van der Waals surface area contributed by atoms with E-state index in [0.29, 0.717) is 30.8 Å². The SMILES string of the molecule is CC1CNCCN1C(=O)CCCN=C1NS(=O)(=O)c2ccccc21.Cl. The molecule has 1 saturated heterocycles. The Labute approximate surface area is 154 Å². The van der Waals surface area contributed by atoms with Crippen LogP contribution in [0.1, 0.15) is 25.3 Å². The smallest absolute Gasteiger partial charge is 0.263 e. The molecule has 0 bridgehead atoms. The van der Waals surface area contributed by atoms with Crippen LogP contribution in [0.15, 0.2) is 34.2 Å². The Hall–Kier alpha value is -1.64. The zero-order valence-electron chi connectivity index (χ0n) is 14.1. The third-order valence-electron chi connectivity index (χ3n) is 4.30. The van der Waals surface area contributed by atoms with Gasteiger partial charge in [0.25, 0.3) is 10.0 Å².